The number of hydrogen-bond donors (Lipinski definition) is 1. The van der Waals surface area contributed by atoms with Crippen molar-refractivity contribution in [1.29, 1.82) is 0 Å². The van der Waals surface area contributed by atoms with Gasteiger partial charge in [-0.3, -0.25) is 0 Å². The van der Waals surface area contributed by atoms with E-state index in [1.807, 2.05) is 0 Å². The Morgan fingerprint density at radius 2 is 2.35 bits per heavy atom. The minimum Gasteiger partial charge on any atom is -0.478 e. The normalized spacial score (nSPS) is 10.2. The summed E-state index contributed by atoms with van der Waals surface area (Å²) in [6, 6.07) is 3.08. The summed E-state index contributed by atoms with van der Waals surface area (Å²) in [4.78, 5) is 13.9. The highest BCUT2D eigenvalue weighted by atomic mass is 32.1. The van der Waals surface area contributed by atoms with E-state index in [1.165, 1.54) is 23.6 Å². The fourth-order valence-corrected chi connectivity index (χ4v) is 2.07. The molecule has 20 heavy (non-hydrogen) atoms. The highest BCUT2D eigenvalue weighted by molar-refractivity contribution is 7.15. The maximum atomic E-state index is 10.8. The minimum atomic E-state index is -0.580. The van der Waals surface area contributed by atoms with Crippen molar-refractivity contribution in [3.63, 3.8) is 0 Å². The number of anilines is 1. The first kappa shape index (κ1) is 14.1. The van der Waals surface area contributed by atoms with Crippen LogP contribution in [-0.2, 0) is 6.61 Å². The molecule has 0 bridgehead atoms. The fourth-order valence-electron chi connectivity index (χ4n) is 1.39. The van der Waals surface area contributed by atoms with Gasteiger partial charge in [-0.1, -0.05) is 18.3 Å². The van der Waals surface area contributed by atoms with Crippen molar-refractivity contribution in [2.45, 2.75) is 20.0 Å². The first-order chi connectivity index (χ1) is 9.70. The molecule has 0 spiro atoms. The van der Waals surface area contributed by atoms with Crippen molar-refractivity contribution in [1.82, 2.24) is 15.2 Å². The van der Waals surface area contributed by atoms with Crippen molar-refractivity contribution in [2.24, 2.45) is 0 Å². The minimum absolute atomic E-state index is 0.121. The van der Waals surface area contributed by atoms with E-state index < -0.39 is 4.92 Å². The summed E-state index contributed by atoms with van der Waals surface area (Å²) < 4.78 is 5.38. The molecule has 0 aliphatic heterocycles. The molecule has 106 valence electrons. The van der Waals surface area contributed by atoms with Gasteiger partial charge in [0.05, 0.1) is 0 Å². The van der Waals surface area contributed by atoms with Gasteiger partial charge in [-0.2, -0.15) is 0 Å². The van der Waals surface area contributed by atoms with Crippen molar-refractivity contribution in [2.75, 3.05) is 11.9 Å². The third-order valence-corrected chi connectivity index (χ3v) is 3.12. The molecule has 2 aromatic rings. The van der Waals surface area contributed by atoms with Gasteiger partial charge in [-0.05, 0) is 28.5 Å². The Morgan fingerprint density at radius 3 is 3.10 bits per heavy atom. The topological polar surface area (TPSA) is 103 Å². The molecule has 2 heterocycles. The summed E-state index contributed by atoms with van der Waals surface area (Å²) in [6.45, 7) is 3.00. The van der Waals surface area contributed by atoms with E-state index in [0.717, 1.165) is 13.0 Å². The SMILES string of the molecule is CCCNc1nnc(COc2cccnc2[N+](=O)[O-])s1. The van der Waals surface area contributed by atoms with Gasteiger partial charge in [0.2, 0.25) is 10.9 Å². The van der Waals surface area contributed by atoms with Gasteiger partial charge in [0.25, 0.3) is 0 Å². The number of nitro groups is 1. The number of hydrogen-bond acceptors (Lipinski definition) is 8. The molecule has 2 aromatic heterocycles. The number of aromatic nitrogens is 3. The lowest BCUT2D eigenvalue weighted by atomic mass is 10.4. The Kier molecular flexibility index (Phi) is 4.77. The van der Waals surface area contributed by atoms with Crippen molar-refractivity contribution in [3.8, 4) is 5.75 Å². The number of rotatable bonds is 7. The van der Waals surface area contributed by atoms with Crippen LogP contribution in [0.2, 0.25) is 0 Å². The van der Waals surface area contributed by atoms with Crippen LogP contribution in [0.1, 0.15) is 18.4 Å². The standard InChI is InChI=1S/C11H13N5O3S/c1-2-5-13-11-15-14-9(20-11)7-19-8-4-3-6-12-10(8)16(17)18/h3-4,6H,2,5,7H2,1H3,(H,13,15). The fraction of sp³-hybridized carbons (Fsp3) is 0.364. The molecule has 9 heteroatoms. The van der Waals surface area contributed by atoms with E-state index in [2.05, 4.69) is 27.4 Å². The predicted molar refractivity (Wildman–Crippen MR) is 73.9 cm³/mol. The van der Waals surface area contributed by atoms with Gasteiger partial charge >= 0.3 is 5.82 Å². The molecule has 0 saturated carbocycles. The molecule has 2 rings (SSSR count). The van der Waals surface area contributed by atoms with E-state index >= 15 is 0 Å². The molecule has 0 unspecified atom stereocenters. The maximum Gasteiger partial charge on any atom is 0.406 e. The highest BCUT2D eigenvalue weighted by Gasteiger charge is 2.16. The van der Waals surface area contributed by atoms with Crippen LogP contribution in [0.15, 0.2) is 18.3 Å². The largest absolute Gasteiger partial charge is 0.478 e. The van der Waals surface area contributed by atoms with E-state index in [1.54, 1.807) is 6.07 Å². The van der Waals surface area contributed by atoms with Gasteiger partial charge in [0.1, 0.15) is 12.8 Å². The van der Waals surface area contributed by atoms with E-state index in [4.69, 9.17) is 4.74 Å². The average molecular weight is 295 g/mol. The molecule has 0 fully saturated rings. The molecule has 0 aliphatic rings. The lowest BCUT2D eigenvalue weighted by Crippen LogP contribution is -2.00. The monoisotopic (exact) mass is 295 g/mol. The zero-order valence-corrected chi connectivity index (χ0v) is 11.6. The van der Waals surface area contributed by atoms with Crippen LogP contribution in [-0.4, -0.2) is 26.6 Å². The number of ether oxygens (including phenoxy) is 1. The average Bonchev–Trinajstić information content (AvgIpc) is 2.91. The van der Waals surface area contributed by atoms with Crippen LogP contribution in [0.25, 0.3) is 0 Å². The Balaban J connectivity index is 1.98. The number of pyridine rings is 1. The van der Waals surface area contributed by atoms with E-state index in [9.17, 15) is 10.1 Å². The molecule has 1 N–H and O–H groups in total. The predicted octanol–water partition coefficient (Wildman–Crippen LogP) is 2.24. The molecule has 0 saturated heterocycles. The van der Waals surface area contributed by atoms with Crippen molar-refractivity contribution < 1.29 is 9.66 Å². The molecule has 0 aliphatic carbocycles. The second-order valence-corrected chi connectivity index (χ2v) is 4.86. The lowest BCUT2D eigenvalue weighted by molar-refractivity contribution is -0.390. The van der Waals surface area contributed by atoms with Crippen LogP contribution in [0, 0.1) is 10.1 Å². The molecule has 0 atom stereocenters. The number of nitrogens with one attached hydrogen (secondary N) is 1. The summed E-state index contributed by atoms with van der Waals surface area (Å²) in [5, 5.41) is 23.1. The zero-order chi connectivity index (χ0) is 14.4. The van der Waals surface area contributed by atoms with Gasteiger partial charge in [-0.25, -0.2) is 0 Å². The quantitative estimate of drug-likeness (QED) is 0.617. The van der Waals surface area contributed by atoms with Crippen molar-refractivity contribution in [3.05, 3.63) is 33.5 Å². The van der Waals surface area contributed by atoms with Crippen LogP contribution in [0.3, 0.4) is 0 Å². The first-order valence-electron chi connectivity index (χ1n) is 5.99. The van der Waals surface area contributed by atoms with Gasteiger partial charge in [0, 0.05) is 6.54 Å². The third-order valence-electron chi connectivity index (χ3n) is 2.27. The van der Waals surface area contributed by atoms with E-state index in [0.29, 0.717) is 10.1 Å². The Morgan fingerprint density at radius 1 is 1.50 bits per heavy atom. The smallest absolute Gasteiger partial charge is 0.406 e. The molecular formula is C11H13N5O3S. The summed E-state index contributed by atoms with van der Waals surface area (Å²) >= 11 is 1.36. The highest BCUT2D eigenvalue weighted by Crippen LogP contribution is 2.25. The van der Waals surface area contributed by atoms with Crippen LogP contribution < -0.4 is 10.1 Å². The number of nitrogens with zero attached hydrogens (tertiary/aromatic N) is 4. The van der Waals surface area contributed by atoms with Crippen LogP contribution in [0.4, 0.5) is 10.9 Å². The van der Waals surface area contributed by atoms with Crippen LogP contribution in [0.5, 0.6) is 5.75 Å². The molecule has 8 nitrogen and oxygen atoms in total. The third kappa shape index (κ3) is 3.60. The van der Waals surface area contributed by atoms with Gasteiger partial charge in [0.15, 0.2) is 5.01 Å². The second-order valence-electron chi connectivity index (χ2n) is 3.80. The summed E-state index contributed by atoms with van der Waals surface area (Å²) in [5.41, 5.74) is 0. The molecule has 0 aromatic carbocycles. The molecule has 0 amide bonds. The van der Waals surface area contributed by atoms with Crippen LogP contribution >= 0.6 is 11.3 Å². The molecular weight excluding hydrogens is 282 g/mol. The first-order valence-corrected chi connectivity index (χ1v) is 6.80. The van der Waals surface area contributed by atoms with E-state index in [-0.39, 0.29) is 18.2 Å². The second kappa shape index (κ2) is 6.75. The summed E-state index contributed by atoms with van der Waals surface area (Å²) in [6.07, 6.45) is 2.34. The Labute approximate surface area is 119 Å². The van der Waals surface area contributed by atoms with Gasteiger partial charge in [-0.15, -0.1) is 10.2 Å². The van der Waals surface area contributed by atoms with Crippen molar-refractivity contribution >= 4 is 22.3 Å². The maximum absolute atomic E-state index is 10.8. The zero-order valence-electron chi connectivity index (χ0n) is 10.8. The van der Waals surface area contributed by atoms with Gasteiger partial charge < -0.3 is 20.2 Å². The summed E-state index contributed by atoms with van der Waals surface area (Å²) in [5.74, 6) is -0.183. The Hall–Kier alpha value is -2.29. The summed E-state index contributed by atoms with van der Waals surface area (Å²) in [7, 11) is 0. The Bertz CT molecular complexity index is 589. The lowest BCUT2D eigenvalue weighted by Gasteiger charge is -2.03. The molecule has 0 radical (unpaired) electrons.